The summed E-state index contributed by atoms with van der Waals surface area (Å²) in [7, 11) is 0. The van der Waals surface area contributed by atoms with Crippen molar-refractivity contribution in [2.24, 2.45) is 0 Å². The second-order valence-electron chi connectivity index (χ2n) is 9.45. The predicted octanol–water partition coefficient (Wildman–Crippen LogP) is 6.36. The number of thioether (sulfide) groups is 2. The van der Waals surface area contributed by atoms with Crippen LogP contribution in [0.4, 0.5) is 11.4 Å². The molecule has 2 aromatic carbocycles. The van der Waals surface area contributed by atoms with Crippen molar-refractivity contribution in [2.45, 2.75) is 38.5 Å². The quantitative estimate of drug-likeness (QED) is 0.336. The van der Waals surface area contributed by atoms with Crippen LogP contribution in [0, 0.1) is 0 Å². The van der Waals surface area contributed by atoms with Crippen LogP contribution < -0.4 is 15.4 Å². The van der Waals surface area contributed by atoms with Gasteiger partial charge >= 0.3 is 0 Å². The smallest absolute Gasteiger partial charge is 0.234 e. The molecular formula is C28H34N4O3S4. The minimum Gasteiger partial charge on any atom is -0.457 e. The number of ether oxygens (including phenoxy) is 1. The van der Waals surface area contributed by atoms with E-state index >= 15 is 0 Å². The van der Waals surface area contributed by atoms with Crippen LogP contribution in [-0.4, -0.2) is 67.9 Å². The summed E-state index contributed by atoms with van der Waals surface area (Å²) in [6.45, 7) is 3.94. The maximum absolute atomic E-state index is 12.3. The van der Waals surface area contributed by atoms with Crippen LogP contribution in [0.5, 0.6) is 11.5 Å². The summed E-state index contributed by atoms with van der Waals surface area (Å²) in [5.41, 5.74) is 1.40. The van der Waals surface area contributed by atoms with Gasteiger partial charge in [0.05, 0.1) is 11.5 Å². The Morgan fingerprint density at radius 2 is 1.00 bits per heavy atom. The minimum absolute atomic E-state index is 0.0858. The lowest BCUT2D eigenvalue weighted by Crippen LogP contribution is -2.33. The van der Waals surface area contributed by atoms with Gasteiger partial charge in [0.15, 0.2) is 0 Å². The van der Waals surface area contributed by atoms with E-state index in [4.69, 9.17) is 29.2 Å². The second-order valence-corrected chi connectivity index (χ2v) is 12.7. The molecule has 0 saturated carbocycles. The summed E-state index contributed by atoms with van der Waals surface area (Å²) in [6.07, 6.45) is 7.15. The molecule has 4 rings (SSSR count). The molecule has 2 N–H and O–H groups in total. The Morgan fingerprint density at radius 1 is 0.641 bits per heavy atom. The fourth-order valence-electron chi connectivity index (χ4n) is 4.33. The van der Waals surface area contributed by atoms with E-state index in [1.807, 2.05) is 0 Å². The third kappa shape index (κ3) is 9.97. The molecule has 2 aliphatic heterocycles. The van der Waals surface area contributed by atoms with Gasteiger partial charge in [0.2, 0.25) is 11.8 Å². The first-order chi connectivity index (χ1) is 19.0. The molecule has 39 heavy (non-hydrogen) atoms. The molecule has 2 saturated heterocycles. The number of anilines is 2. The van der Waals surface area contributed by atoms with Crippen LogP contribution in [-0.2, 0) is 9.59 Å². The number of carbonyl (C=O) groups excluding carboxylic acids is 2. The van der Waals surface area contributed by atoms with Crippen LogP contribution in [0.25, 0.3) is 0 Å². The molecule has 0 spiro atoms. The normalized spacial score (nSPS) is 15.4. The van der Waals surface area contributed by atoms with Crippen molar-refractivity contribution in [1.29, 1.82) is 0 Å². The number of amides is 2. The van der Waals surface area contributed by atoms with E-state index < -0.39 is 0 Å². The second kappa shape index (κ2) is 15.4. The monoisotopic (exact) mass is 602 g/mol. The molecule has 2 amide bonds. The highest BCUT2D eigenvalue weighted by atomic mass is 32.2. The minimum atomic E-state index is -0.0858. The van der Waals surface area contributed by atoms with E-state index in [9.17, 15) is 9.59 Å². The van der Waals surface area contributed by atoms with E-state index in [0.29, 0.717) is 34.4 Å². The van der Waals surface area contributed by atoms with Crippen molar-refractivity contribution in [1.82, 2.24) is 9.80 Å². The zero-order chi connectivity index (χ0) is 27.5. The molecule has 0 atom stereocenters. The Kier molecular flexibility index (Phi) is 11.7. The Balaban J connectivity index is 1.16. The number of hydrogen-bond acceptors (Lipinski definition) is 7. The van der Waals surface area contributed by atoms with Gasteiger partial charge in [-0.2, -0.15) is 0 Å². The average molecular weight is 603 g/mol. The number of piperidine rings is 2. The molecule has 0 aromatic heterocycles. The summed E-state index contributed by atoms with van der Waals surface area (Å²) in [5.74, 6) is 1.71. The molecule has 0 aliphatic carbocycles. The van der Waals surface area contributed by atoms with E-state index in [2.05, 4.69) is 20.4 Å². The van der Waals surface area contributed by atoms with Crippen molar-refractivity contribution in [3.05, 3.63) is 48.5 Å². The number of rotatable bonds is 8. The van der Waals surface area contributed by atoms with Crippen LogP contribution in [0.15, 0.2) is 48.5 Å². The third-order valence-electron chi connectivity index (χ3n) is 6.39. The molecule has 0 radical (unpaired) electrons. The first-order valence-electron chi connectivity index (χ1n) is 13.3. The highest BCUT2D eigenvalue weighted by Crippen LogP contribution is 2.25. The van der Waals surface area contributed by atoms with Crippen LogP contribution in [0.2, 0.25) is 0 Å². The van der Waals surface area contributed by atoms with E-state index in [1.54, 1.807) is 48.5 Å². The zero-order valence-electron chi connectivity index (χ0n) is 21.9. The molecule has 0 unspecified atom stereocenters. The Morgan fingerprint density at radius 3 is 1.36 bits per heavy atom. The number of likely N-dealkylation sites (tertiary alicyclic amines) is 2. The Labute approximate surface area is 249 Å². The van der Waals surface area contributed by atoms with Crippen LogP contribution in [0.1, 0.15) is 38.5 Å². The lowest BCUT2D eigenvalue weighted by molar-refractivity contribution is -0.114. The first kappa shape index (κ1) is 29.6. The van der Waals surface area contributed by atoms with E-state index in [0.717, 1.165) is 60.5 Å². The fourth-order valence-corrected chi connectivity index (χ4v) is 6.44. The van der Waals surface area contributed by atoms with Gasteiger partial charge in [-0.15, -0.1) is 0 Å². The highest BCUT2D eigenvalue weighted by molar-refractivity contribution is 8.23. The van der Waals surface area contributed by atoms with Crippen molar-refractivity contribution in [2.75, 3.05) is 48.3 Å². The number of hydrogen-bond donors (Lipinski definition) is 2. The summed E-state index contributed by atoms with van der Waals surface area (Å²) in [6, 6.07) is 14.4. The summed E-state index contributed by atoms with van der Waals surface area (Å²) in [5, 5.41) is 5.81. The molecule has 2 aliphatic rings. The topological polar surface area (TPSA) is 73.9 Å². The van der Waals surface area contributed by atoms with Crippen molar-refractivity contribution < 1.29 is 14.3 Å². The van der Waals surface area contributed by atoms with E-state index in [1.165, 1.54) is 36.4 Å². The molecule has 11 heteroatoms. The predicted molar refractivity (Wildman–Crippen MR) is 171 cm³/mol. The first-order valence-corrected chi connectivity index (χ1v) is 16.1. The van der Waals surface area contributed by atoms with Crippen LogP contribution in [0.3, 0.4) is 0 Å². The van der Waals surface area contributed by atoms with Gasteiger partial charge in [-0.05, 0) is 87.1 Å². The summed E-state index contributed by atoms with van der Waals surface area (Å²) >= 11 is 13.8. The van der Waals surface area contributed by atoms with Gasteiger partial charge < -0.3 is 25.2 Å². The van der Waals surface area contributed by atoms with Crippen LogP contribution >= 0.6 is 48.0 Å². The van der Waals surface area contributed by atoms with Gasteiger partial charge in [0, 0.05) is 37.6 Å². The van der Waals surface area contributed by atoms with Gasteiger partial charge in [0.1, 0.15) is 20.1 Å². The molecule has 208 valence electrons. The number of nitrogens with one attached hydrogen (secondary N) is 2. The molecule has 2 aromatic rings. The summed E-state index contributed by atoms with van der Waals surface area (Å²) in [4.78, 5) is 29.1. The molecule has 2 heterocycles. The standard InChI is InChI=1S/C28H34N4O3S4/c33-25(19-38-27(36)31-15-3-1-4-16-31)29-21-7-11-23(12-8-21)35-24-13-9-22(10-14-24)30-26(34)20-39-28(37)32-17-5-2-6-18-32/h7-14H,1-6,15-20H2,(H,29,33)(H,30,34). The highest BCUT2D eigenvalue weighted by Gasteiger charge is 2.16. The average Bonchev–Trinajstić information content (AvgIpc) is 2.97. The Bertz CT molecular complexity index is 1040. The maximum Gasteiger partial charge on any atom is 0.234 e. The number of thiocarbonyl (C=S) groups is 2. The molecular weight excluding hydrogens is 569 g/mol. The number of benzene rings is 2. The van der Waals surface area contributed by atoms with Crippen molar-refractivity contribution >= 4 is 79.8 Å². The van der Waals surface area contributed by atoms with Crippen molar-refractivity contribution in [3.63, 3.8) is 0 Å². The van der Waals surface area contributed by atoms with Gasteiger partial charge in [-0.1, -0.05) is 48.0 Å². The largest absolute Gasteiger partial charge is 0.457 e. The molecule has 0 bridgehead atoms. The fraction of sp³-hybridized carbons (Fsp3) is 0.429. The maximum atomic E-state index is 12.3. The third-order valence-corrected chi connectivity index (χ3v) is 9.44. The molecule has 2 fully saturated rings. The number of carbonyl (C=O) groups is 2. The Hall–Kier alpha value is -2.34. The zero-order valence-corrected chi connectivity index (χ0v) is 25.1. The molecule has 7 nitrogen and oxygen atoms in total. The van der Waals surface area contributed by atoms with Crippen molar-refractivity contribution in [3.8, 4) is 11.5 Å². The van der Waals surface area contributed by atoms with Gasteiger partial charge in [-0.3, -0.25) is 9.59 Å². The lowest BCUT2D eigenvalue weighted by atomic mass is 10.1. The van der Waals surface area contributed by atoms with Gasteiger partial charge in [0.25, 0.3) is 0 Å². The number of nitrogens with zero attached hydrogens (tertiary/aromatic N) is 2. The van der Waals surface area contributed by atoms with Gasteiger partial charge in [-0.25, -0.2) is 0 Å². The van der Waals surface area contributed by atoms with E-state index in [-0.39, 0.29) is 11.8 Å². The lowest BCUT2D eigenvalue weighted by Gasteiger charge is -2.28. The summed E-state index contributed by atoms with van der Waals surface area (Å²) < 4.78 is 7.51. The SMILES string of the molecule is O=C(CSC(=S)N1CCCCC1)Nc1ccc(Oc2ccc(NC(=O)CSC(=S)N3CCCCC3)cc2)cc1.